The van der Waals surface area contributed by atoms with E-state index in [4.69, 9.17) is 5.26 Å². The Kier molecular flexibility index (Phi) is 2.03. The summed E-state index contributed by atoms with van der Waals surface area (Å²) in [6, 6.07) is 2.58. The molecule has 1 atom stereocenters. The predicted octanol–water partition coefficient (Wildman–Crippen LogP) is 0.737. The Balaban J connectivity index is 2.12. The average Bonchev–Trinajstić information content (AvgIpc) is 2.85. The third-order valence-corrected chi connectivity index (χ3v) is 2.26. The topological polar surface area (TPSA) is 53.6 Å². The molecule has 1 aromatic heterocycles. The molecule has 2 rings (SSSR count). The average molecular weight is 176 g/mol. The molecule has 1 aliphatic rings. The van der Waals surface area contributed by atoms with Crippen molar-refractivity contribution in [3.05, 3.63) is 18.2 Å². The van der Waals surface area contributed by atoms with Crippen LogP contribution in [-0.4, -0.2) is 15.6 Å². The number of nitrogens with one attached hydrogen (secondary N) is 1. The fourth-order valence-corrected chi connectivity index (χ4v) is 1.32. The van der Waals surface area contributed by atoms with Gasteiger partial charge in [0.15, 0.2) is 0 Å². The maximum Gasteiger partial charge on any atom is 0.138 e. The standard InChI is InChI=1S/C9H12N4/c1-13-6-11-5-9(13)8(4-10)12-7-2-3-7/h5-8,12H,2-3H2,1H3. The minimum absolute atomic E-state index is 0.208. The van der Waals surface area contributed by atoms with E-state index in [1.807, 2.05) is 11.6 Å². The van der Waals surface area contributed by atoms with E-state index in [1.165, 1.54) is 12.8 Å². The van der Waals surface area contributed by atoms with E-state index in [2.05, 4.69) is 16.4 Å². The number of aryl methyl sites for hydroxylation is 1. The second-order valence-electron chi connectivity index (χ2n) is 3.43. The van der Waals surface area contributed by atoms with Crippen LogP contribution in [0.1, 0.15) is 24.6 Å². The van der Waals surface area contributed by atoms with Gasteiger partial charge in [0.05, 0.1) is 24.3 Å². The van der Waals surface area contributed by atoms with Crippen molar-refractivity contribution in [1.82, 2.24) is 14.9 Å². The largest absolute Gasteiger partial charge is 0.335 e. The second kappa shape index (κ2) is 3.19. The number of rotatable bonds is 3. The summed E-state index contributed by atoms with van der Waals surface area (Å²) in [6.45, 7) is 0. The number of hydrogen-bond acceptors (Lipinski definition) is 3. The van der Waals surface area contributed by atoms with E-state index in [0.29, 0.717) is 6.04 Å². The maximum atomic E-state index is 8.95. The summed E-state index contributed by atoms with van der Waals surface area (Å²) in [5.41, 5.74) is 0.939. The minimum atomic E-state index is -0.208. The van der Waals surface area contributed by atoms with Gasteiger partial charge in [0.1, 0.15) is 6.04 Å². The molecule has 0 amide bonds. The Morgan fingerprint density at radius 2 is 2.54 bits per heavy atom. The molecule has 0 saturated heterocycles. The van der Waals surface area contributed by atoms with Gasteiger partial charge in [0, 0.05) is 13.1 Å². The molecule has 0 aliphatic heterocycles. The van der Waals surface area contributed by atoms with Crippen LogP contribution in [0.5, 0.6) is 0 Å². The first-order valence-corrected chi connectivity index (χ1v) is 4.43. The molecule has 0 radical (unpaired) electrons. The molecule has 0 aromatic carbocycles. The lowest BCUT2D eigenvalue weighted by Gasteiger charge is -2.10. The van der Waals surface area contributed by atoms with Gasteiger partial charge in [0.25, 0.3) is 0 Å². The molecule has 0 bridgehead atoms. The highest BCUT2D eigenvalue weighted by atomic mass is 15.1. The Morgan fingerprint density at radius 1 is 1.77 bits per heavy atom. The molecule has 4 nitrogen and oxygen atoms in total. The third-order valence-electron chi connectivity index (χ3n) is 2.26. The van der Waals surface area contributed by atoms with Crippen LogP contribution in [0.25, 0.3) is 0 Å². The molecule has 1 N–H and O–H groups in total. The van der Waals surface area contributed by atoms with Crippen LogP contribution in [0.2, 0.25) is 0 Å². The fraction of sp³-hybridized carbons (Fsp3) is 0.556. The lowest BCUT2D eigenvalue weighted by atomic mass is 10.2. The van der Waals surface area contributed by atoms with Crippen LogP contribution < -0.4 is 5.32 Å². The molecule has 4 heteroatoms. The van der Waals surface area contributed by atoms with Gasteiger partial charge < -0.3 is 4.57 Å². The van der Waals surface area contributed by atoms with Crippen LogP contribution in [0.15, 0.2) is 12.5 Å². The normalized spacial score (nSPS) is 18.2. The van der Waals surface area contributed by atoms with Gasteiger partial charge >= 0.3 is 0 Å². The van der Waals surface area contributed by atoms with E-state index >= 15 is 0 Å². The lowest BCUT2D eigenvalue weighted by Crippen LogP contribution is -2.23. The predicted molar refractivity (Wildman–Crippen MR) is 47.7 cm³/mol. The van der Waals surface area contributed by atoms with E-state index in [1.54, 1.807) is 12.5 Å². The molecule has 1 aromatic rings. The first-order valence-electron chi connectivity index (χ1n) is 4.43. The van der Waals surface area contributed by atoms with Crippen molar-refractivity contribution >= 4 is 0 Å². The Bertz CT molecular complexity index is 332. The van der Waals surface area contributed by atoms with E-state index in [-0.39, 0.29) is 6.04 Å². The first kappa shape index (κ1) is 8.27. The van der Waals surface area contributed by atoms with Gasteiger partial charge in [-0.25, -0.2) is 4.98 Å². The molecule has 1 heterocycles. The maximum absolute atomic E-state index is 8.95. The zero-order valence-corrected chi connectivity index (χ0v) is 7.57. The SMILES string of the molecule is Cn1cncc1C(C#N)NC1CC1. The zero-order valence-electron chi connectivity index (χ0n) is 7.57. The van der Waals surface area contributed by atoms with Crippen molar-refractivity contribution in [2.45, 2.75) is 24.9 Å². The quantitative estimate of drug-likeness (QED) is 0.739. The monoisotopic (exact) mass is 176 g/mol. The second-order valence-corrected chi connectivity index (χ2v) is 3.43. The van der Waals surface area contributed by atoms with Crippen LogP contribution in [-0.2, 0) is 7.05 Å². The summed E-state index contributed by atoms with van der Waals surface area (Å²) >= 11 is 0. The molecule has 68 valence electrons. The van der Waals surface area contributed by atoms with Crippen LogP contribution >= 0.6 is 0 Å². The van der Waals surface area contributed by atoms with Crippen molar-refractivity contribution in [1.29, 1.82) is 5.26 Å². The highest BCUT2D eigenvalue weighted by molar-refractivity contribution is 5.14. The van der Waals surface area contributed by atoms with E-state index in [0.717, 1.165) is 5.69 Å². The smallest absolute Gasteiger partial charge is 0.138 e. The molecule has 13 heavy (non-hydrogen) atoms. The van der Waals surface area contributed by atoms with Crippen LogP contribution in [0, 0.1) is 11.3 Å². The summed E-state index contributed by atoms with van der Waals surface area (Å²) in [6.07, 6.45) is 5.84. The highest BCUT2D eigenvalue weighted by Crippen LogP contribution is 2.23. The lowest BCUT2D eigenvalue weighted by molar-refractivity contribution is 0.593. The van der Waals surface area contributed by atoms with Gasteiger partial charge in [-0.05, 0) is 12.8 Å². The molecule has 1 saturated carbocycles. The van der Waals surface area contributed by atoms with Gasteiger partial charge in [-0.3, -0.25) is 5.32 Å². The fourth-order valence-electron chi connectivity index (χ4n) is 1.32. The number of hydrogen-bond donors (Lipinski definition) is 1. The summed E-state index contributed by atoms with van der Waals surface area (Å²) in [5.74, 6) is 0. The van der Waals surface area contributed by atoms with Gasteiger partial charge in [-0.15, -0.1) is 0 Å². The summed E-state index contributed by atoms with van der Waals surface area (Å²) in [5, 5.41) is 12.2. The van der Waals surface area contributed by atoms with Crippen molar-refractivity contribution in [3.8, 4) is 6.07 Å². The first-order chi connectivity index (χ1) is 6.31. The van der Waals surface area contributed by atoms with E-state index < -0.39 is 0 Å². The summed E-state index contributed by atoms with van der Waals surface area (Å²) in [7, 11) is 1.90. The number of imidazole rings is 1. The number of aromatic nitrogens is 2. The van der Waals surface area contributed by atoms with Crippen LogP contribution in [0.3, 0.4) is 0 Å². The van der Waals surface area contributed by atoms with Gasteiger partial charge in [-0.1, -0.05) is 0 Å². The summed E-state index contributed by atoms with van der Waals surface area (Å²) in [4.78, 5) is 3.99. The highest BCUT2D eigenvalue weighted by Gasteiger charge is 2.26. The van der Waals surface area contributed by atoms with Crippen molar-refractivity contribution in [2.75, 3.05) is 0 Å². The zero-order chi connectivity index (χ0) is 9.26. The molecule has 1 aliphatic carbocycles. The van der Waals surface area contributed by atoms with Crippen molar-refractivity contribution < 1.29 is 0 Å². The minimum Gasteiger partial charge on any atom is -0.335 e. The van der Waals surface area contributed by atoms with Gasteiger partial charge in [0.2, 0.25) is 0 Å². The molecule has 1 fully saturated rings. The van der Waals surface area contributed by atoms with Crippen molar-refractivity contribution in [2.24, 2.45) is 7.05 Å². The van der Waals surface area contributed by atoms with Crippen molar-refractivity contribution in [3.63, 3.8) is 0 Å². The Labute approximate surface area is 77.2 Å². The Morgan fingerprint density at radius 3 is 3.00 bits per heavy atom. The molecular weight excluding hydrogens is 164 g/mol. The molecular formula is C9H12N4. The number of nitriles is 1. The molecule has 1 unspecified atom stereocenters. The van der Waals surface area contributed by atoms with Gasteiger partial charge in [-0.2, -0.15) is 5.26 Å². The third kappa shape index (κ3) is 1.70. The Hall–Kier alpha value is -1.34. The molecule has 0 spiro atoms. The number of nitrogens with zero attached hydrogens (tertiary/aromatic N) is 3. The van der Waals surface area contributed by atoms with E-state index in [9.17, 15) is 0 Å². The summed E-state index contributed by atoms with van der Waals surface area (Å²) < 4.78 is 1.88. The van der Waals surface area contributed by atoms with Crippen LogP contribution in [0.4, 0.5) is 0 Å².